The first kappa shape index (κ1) is 10.8. The fourth-order valence-electron chi connectivity index (χ4n) is 1.00. The monoisotopic (exact) mass is 218 g/mol. The van der Waals surface area contributed by atoms with Gasteiger partial charge in [0, 0.05) is 16.7 Å². The molecule has 0 radical (unpaired) electrons. The molecule has 0 saturated carbocycles. The van der Waals surface area contributed by atoms with Crippen LogP contribution in [0, 0.1) is 0 Å². The van der Waals surface area contributed by atoms with Gasteiger partial charge in [0.25, 0.3) is 6.43 Å². The van der Waals surface area contributed by atoms with Crippen LogP contribution in [-0.4, -0.2) is 12.6 Å². The highest BCUT2D eigenvalue weighted by atomic mass is 35.5. The molecular formula is C9H5ClF2O2. The van der Waals surface area contributed by atoms with Crippen molar-refractivity contribution in [2.45, 2.75) is 6.43 Å². The highest BCUT2D eigenvalue weighted by Gasteiger charge is 2.15. The summed E-state index contributed by atoms with van der Waals surface area (Å²) in [5, 5.41) is -0.00787. The van der Waals surface area contributed by atoms with Gasteiger partial charge in [-0.05, 0) is 12.1 Å². The predicted octanol–water partition coefficient (Wildman–Crippen LogP) is 2.90. The number of hydrogen-bond acceptors (Lipinski definition) is 2. The smallest absolute Gasteiger partial charge is 0.264 e. The van der Waals surface area contributed by atoms with Crippen molar-refractivity contribution in [2.24, 2.45) is 0 Å². The molecule has 0 aliphatic rings. The average Bonchev–Trinajstić information content (AvgIpc) is 2.16. The number of benzene rings is 1. The first-order chi connectivity index (χ1) is 6.60. The van der Waals surface area contributed by atoms with Crippen molar-refractivity contribution in [3.63, 3.8) is 0 Å². The van der Waals surface area contributed by atoms with Gasteiger partial charge in [-0.1, -0.05) is 11.6 Å². The Hall–Kier alpha value is -1.29. The predicted molar refractivity (Wildman–Crippen MR) is 47.2 cm³/mol. The molecule has 0 bridgehead atoms. The molecule has 14 heavy (non-hydrogen) atoms. The minimum atomic E-state index is -2.80. The van der Waals surface area contributed by atoms with Crippen molar-refractivity contribution in [2.75, 3.05) is 0 Å². The van der Waals surface area contributed by atoms with Crippen LogP contribution in [-0.2, 0) is 0 Å². The number of carbonyl (C=O) groups is 2. The molecule has 5 heteroatoms. The van der Waals surface area contributed by atoms with E-state index in [1.54, 1.807) is 0 Å². The van der Waals surface area contributed by atoms with Gasteiger partial charge in [-0.25, -0.2) is 8.78 Å². The van der Waals surface area contributed by atoms with Crippen LogP contribution in [0.4, 0.5) is 8.78 Å². The van der Waals surface area contributed by atoms with Crippen LogP contribution in [0.1, 0.15) is 32.7 Å². The third kappa shape index (κ3) is 1.96. The van der Waals surface area contributed by atoms with E-state index >= 15 is 0 Å². The molecule has 0 N–H and O–H groups in total. The fraction of sp³-hybridized carbons (Fsp3) is 0.111. The highest BCUT2D eigenvalue weighted by Crippen LogP contribution is 2.27. The van der Waals surface area contributed by atoms with Crippen molar-refractivity contribution in [3.8, 4) is 0 Å². The van der Waals surface area contributed by atoms with Crippen molar-refractivity contribution in [1.82, 2.24) is 0 Å². The summed E-state index contributed by atoms with van der Waals surface area (Å²) in [7, 11) is 0. The third-order valence-electron chi connectivity index (χ3n) is 1.69. The minimum Gasteiger partial charge on any atom is -0.298 e. The van der Waals surface area contributed by atoms with Crippen molar-refractivity contribution in [1.29, 1.82) is 0 Å². The molecule has 1 rings (SSSR count). The summed E-state index contributed by atoms with van der Waals surface area (Å²) >= 11 is 5.55. The van der Waals surface area contributed by atoms with E-state index in [9.17, 15) is 18.4 Å². The lowest BCUT2D eigenvalue weighted by Crippen LogP contribution is -1.96. The molecule has 0 unspecified atom stereocenters. The SMILES string of the molecule is O=Cc1cc(C(F)F)c(C=O)cc1Cl. The molecule has 0 aliphatic heterocycles. The van der Waals surface area contributed by atoms with Gasteiger partial charge in [0.15, 0.2) is 12.6 Å². The van der Waals surface area contributed by atoms with Gasteiger partial charge in [0.1, 0.15) is 0 Å². The second-order valence-electron chi connectivity index (χ2n) is 2.54. The molecule has 0 spiro atoms. The lowest BCUT2D eigenvalue weighted by Gasteiger charge is -2.05. The van der Waals surface area contributed by atoms with E-state index in [0.717, 1.165) is 12.1 Å². The quantitative estimate of drug-likeness (QED) is 0.731. The largest absolute Gasteiger partial charge is 0.298 e. The molecule has 0 saturated heterocycles. The van der Waals surface area contributed by atoms with Gasteiger partial charge in [0.05, 0.1) is 5.02 Å². The second-order valence-corrected chi connectivity index (χ2v) is 2.95. The number of rotatable bonds is 3. The zero-order chi connectivity index (χ0) is 10.7. The van der Waals surface area contributed by atoms with E-state index in [1.165, 1.54) is 0 Å². The summed E-state index contributed by atoms with van der Waals surface area (Å²) in [6.45, 7) is 0. The van der Waals surface area contributed by atoms with Gasteiger partial charge in [0.2, 0.25) is 0 Å². The molecule has 0 atom stereocenters. The minimum absolute atomic E-state index is 0.00787. The summed E-state index contributed by atoms with van der Waals surface area (Å²) in [6, 6.07) is 1.98. The molecule has 0 aromatic heterocycles. The lowest BCUT2D eigenvalue weighted by molar-refractivity contribution is 0.110. The lowest BCUT2D eigenvalue weighted by atomic mass is 10.1. The summed E-state index contributed by atoms with van der Waals surface area (Å²) in [6.07, 6.45) is -2.16. The third-order valence-corrected chi connectivity index (χ3v) is 2.02. The van der Waals surface area contributed by atoms with E-state index in [1.807, 2.05) is 0 Å². The number of aldehydes is 2. The molecular weight excluding hydrogens is 214 g/mol. The Morgan fingerprint density at radius 2 is 1.71 bits per heavy atom. The Labute approximate surface area is 83.5 Å². The summed E-state index contributed by atoms with van der Waals surface area (Å²) in [5.74, 6) is 0. The van der Waals surface area contributed by atoms with Crippen molar-refractivity contribution < 1.29 is 18.4 Å². The zero-order valence-electron chi connectivity index (χ0n) is 6.84. The highest BCUT2D eigenvalue weighted by molar-refractivity contribution is 6.33. The maximum atomic E-state index is 12.3. The second kappa shape index (κ2) is 4.28. The van der Waals surface area contributed by atoms with Crippen LogP contribution < -0.4 is 0 Å². The van der Waals surface area contributed by atoms with Crippen LogP contribution in [0.15, 0.2) is 12.1 Å². The Balaban J connectivity index is 3.39. The summed E-state index contributed by atoms with van der Waals surface area (Å²) in [5.41, 5.74) is -0.727. The van der Waals surface area contributed by atoms with E-state index < -0.39 is 12.0 Å². The van der Waals surface area contributed by atoms with E-state index in [-0.39, 0.29) is 22.4 Å². The molecule has 2 nitrogen and oxygen atoms in total. The molecule has 0 aliphatic carbocycles. The van der Waals surface area contributed by atoms with E-state index in [2.05, 4.69) is 0 Å². The Kier molecular flexibility index (Phi) is 3.30. The first-order valence-electron chi connectivity index (χ1n) is 3.62. The standard InChI is InChI=1S/C9H5ClF2O2/c10-8-2-5(3-13)7(9(11)12)1-6(8)4-14/h1-4,9H. The molecule has 1 aromatic rings. The zero-order valence-corrected chi connectivity index (χ0v) is 7.59. The number of hydrogen-bond donors (Lipinski definition) is 0. The molecule has 0 fully saturated rings. The summed E-state index contributed by atoms with van der Waals surface area (Å²) < 4.78 is 24.7. The summed E-state index contributed by atoms with van der Waals surface area (Å²) in [4.78, 5) is 20.8. The topological polar surface area (TPSA) is 34.1 Å². The maximum absolute atomic E-state index is 12.3. The van der Waals surface area contributed by atoms with Crippen molar-refractivity contribution in [3.05, 3.63) is 33.8 Å². The Morgan fingerprint density at radius 1 is 1.14 bits per heavy atom. The fourth-order valence-corrected chi connectivity index (χ4v) is 1.22. The van der Waals surface area contributed by atoms with Gasteiger partial charge in [-0.3, -0.25) is 9.59 Å². The van der Waals surface area contributed by atoms with Crippen LogP contribution in [0.25, 0.3) is 0 Å². The van der Waals surface area contributed by atoms with Crippen LogP contribution in [0.3, 0.4) is 0 Å². The van der Waals surface area contributed by atoms with Gasteiger partial charge in [-0.15, -0.1) is 0 Å². The van der Waals surface area contributed by atoms with Crippen LogP contribution in [0.2, 0.25) is 5.02 Å². The van der Waals surface area contributed by atoms with Gasteiger partial charge in [-0.2, -0.15) is 0 Å². The number of alkyl halides is 2. The Morgan fingerprint density at radius 3 is 2.14 bits per heavy atom. The average molecular weight is 219 g/mol. The van der Waals surface area contributed by atoms with Gasteiger partial charge < -0.3 is 0 Å². The van der Waals surface area contributed by atoms with Crippen molar-refractivity contribution >= 4 is 24.2 Å². The normalized spacial score (nSPS) is 10.3. The Bertz CT molecular complexity index is 377. The van der Waals surface area contributed by atoms with Crippen LogP contribution in [0.5, 0.6) is 0 Å². The maximum Gasteiger partial charge on any atom is 0.264 e. The van der Waals surface area contributed by atoms with Gasteiger partial charge >= 0.3 is 0 Å². The molecule has 1 aromatic carbocycles. The van der Waals surface area contributed by atoms with E-state index in [4.69, 9.17) is 11.6 Å². The van der Waals surface area contributed by atoms with E-state index in [0.29, 0.717) is 6.29 Å². The first-order valence-corrected chi connectivity index (χ1v) is 4.00. The number of halogens is 3. The molecule has 0 heterocycles. The number of carbonyl (C=O) groups excluding carboxylic acids is 2. The molecule has 0 amide bonds. The van der Waals surface area contributed by atoms with Crippen LogP contribution >= 0.6 is 11.6 Å². The molecule has 74 valence electrons.